The minimum absolute atomic E-state index is 0.196. The van der Waals surface area contributed by atoms with Gasteiger partial charge in [-0.1, -0.05) is 53.0 Å². The zero-order chi connectivity index (χ0) is 15.2. The fraction of sp³-hybridized carbons (Fsp3) is 0.0625. The SMILES string of the molecule is O=C(C=Cc1ccc(Cl)c(Cl)c1)OCc1ccc(Cl)cc1. The summed E-state index contributed by atoms with van der Waals surface area (Å²) in [6, 6.07) is 12.2. The average molecular weight is 342 g/mol. The molecular formula is C16H11Cl3O2. The van der Waals surface area contributed by atoms with E-state index >= 15 is 0 Å². The van der Waals surface area contributed by atoms with Crippen LogP contribution in [0.5, 0.6) is 0 Å². The van der Waals surface area contributed by atoms with Crippen LogP contribution in [-0.4, -0.2) is 5.97 Å². The number of ether oxygens (including phenoxy) is 1. The molecule has 0 aromatic heterocycles. The normalized spacial score (nSPS) is 10.8. The van der Waals surface area contributed by atoms with Crippen molar-refractivity contribution >= 4 is 46.8 Å². The lowest BCUT2D eigenvalue weighted by Gasteiger charge is -2.02. The summed E-state index contributed by atoms with van der Waals surface area (Å²) in [6.45, 7) is 0.196. The van der Waals surface area contributed by atoms with Crippen LogP contribution in [0.3, 0.4) is 0 Å². The summed E-state index contributed by atoms with van der Waals surface area (Å²) < 4.78 is 5.12. The summed E-state index contributed by atoms with van der Waals surface area (Å²) in [5.41, 5.74) is 1.64. The molecule has 0 aliphatic carbocycles. The van der Waals surface area contributed by atoms with Gasteiger partial charge in [0.25, 0.3) is 0 Å². The number of rotatable bonds is 4. The van der Waals surface area contributed by atoms with Crippen LogP contribution in [-0.2, 0) is 16.1 Å². The Morgan fingerprint density at radius 1 is 1.00 bits per heavy atom. The molecule has 108 valence electrons. The highest BCUT2D eigenvalue weighted by molar-refractivity contribution is 6.42. The predicted octanol–water partition coefficient (Wildman–Crippen LogP) is 5.40. The van der Waals surface area contributed by atoms with Gasteiger partial charge >= 0.3 is 5.97 Å². The molecule has 2 nitrogen and oxygen atoms in total. The number of hydrogen-bond donors (Lipinski definition) is 0. The Morgan fingerprint density at radius 3 is 2.38 bits per heavy atom. The van der Waals surface area contributed by atoms with E-state index in [2.05, 4.69) is 0 Å². The number of hydrogen-bond acceptors (Lipinski definition) is 2. The van der Waals surface area contributed by atoms with Crippen LogP contribution in [0.1, 0.15) is 11.1 Å². The number of halogens is 3. The molecule has 0 saturated carbocycles. The molecule has 0 spiro atoms. The molecule has 2 aromatic rings. The molecule has 5 heteroatoms. The molecule has 0 amide bonds. The monoisotopic (exact) mass is 340 g/mol. The Labute approximate surface area is 137 Å². The zero-order valence-electron chi connectivity index (χ0n) is 10.9. The second-order valence-corrected chi connectivity index (χ2v) is 5.49. The van der Waals surface area contributed by atoms with Gasteiger partial charge in [0.05, 0.1) is 10.0 Å². The van der Waals surface area contributed by atoms with Gasteiger partial charge < -0.3 is 4.74 Å². The molecule has 0 bridgehead atoms. The van der Waals surface area contributed by atoms with Crippen molar-refractivity contribution in [1.29, 1.82) is 0 Å². The molecule has 0 fully saturated rings. The van der Waals surface area contributed by atoms with Crippen LogP contribution in [0.2, 0.25) is 15.1 Å². The van der Waals surface area contributed by atoms with Crippen molar-refractivity contribution in [2.75, 3.05) is 0 Å². The molecule has 0 saturated heterocycles. The molecule has 21 heavy (non-hydrogen) atoms. The van der Waals surface area contributed by atoms with Gasteiger partial charge in [-0.3, -0.25) is 0 Å². The maximum Gasteiger partial charge on any atom is 0.331 e. The lowest BCUT2D eigenvalue weighted by molar-refractivity contribution is -0.138. The third-order valence-electron chi connectivity index (χ3n) is 2.65. The Morgan fingerprint density at radius 2 is 1.71 bits per heavy atom. The van der Waals surface area contributed by atoms with E-state index in [0.717, 1.165) is 11.1 Å². The third kappa shape index (κ3) is 5.09. The van der Waals surface area contributed by atoms with Crippen LogP contribution in [0.25, 0.3) is 6.08 Å². The standard InChI is InChI=1S/C16H11Cl3O2/c17-13-5-1-12(2-6-13)10-21-16(20)8-4-11-3-7-14(18)15(19)9-11/h1-9H,10H2. The topological polar surface area (TPSA) is 26.3 Å². The number of carbonyl (C=O) groups excluding carboxylic acids is 1. The highest BCUT2D eigenvalue weighted by Gasteiger charge is 2.00. The van der Waals surface area contributed by atoms with Gasteiger partial charge in [0, 0.05) is 11.1 Å². The van der Waals surface area contributed by atoms with Crippen LogP contribution >= 0.6 is 34.8 Å². The van der Waals surface area contributed by atoms with Gasteiger partial charge in [0.15, 0.2) is 0 Å². The van der Waals surface area contributed by atoms with Crippen LogP contribution < -0.4 is 0 Å². The molecule has 0 unspecified atom stereocenters. The van der Waals surface area contributed by atoms with E-state index in [1.165, 1.54) is 6.08 Å². The molecule has 2 rings (SSSR count). The van der Waals surface area contributed by atoms with E-state index in [0.29, 0.717) is 15.1 Å². The molecular weight excluding hydrogens is 331 g/mol. The summed E-state index contributed by atoms with van der Waals surface area (Å²) >= 11 is 17.5. The molecule has 0 heterocycles. The molecule has 0 atom stereocenters. The molecule has 0 N–H and O–H groups in total. The maximum atomic E-state index is 11.6. The summed E-state index contributed by atoms with van der Waals surface area (Å²) in [5, 5.41) is 1.55. The first-order valence-electron chi connectivity index (χ1n) is 6.09. The number of benzene rings is 2. The van der Waals surface area contributed by atoms with Crippen molar-refractivity contribution in [3.63, 3.8) is 0 Å². The van der Waals surface area contributed by atoms with Crippen LogP contribution in [0, 0.1) is 0 Å². The Hall–Kier alpha value is -1.48. The van der Waals surface area contributed by atoms with Gasteiger partial charge in [-0.2, -0.15) is 0 Å². The Kier molecular flexibility index (Phi) is 5.68. The van der Waals surface area contributed by atoms with Crippen molar-refractivity contribution < 1.29 is 9.53 Å². The molecule has 0 radical (unpaired) electrons. The van der Waals surface area contributed by atoms with E-state index < -0.39 is 5.97 Å². The first kappa shape index (κ1) is 15.9. The summed E-state index contributed by atoms with van der Waals surface area (Å²) in [4.78, 5) is 11.6. The van der Waals surface area contributed by atoms with Gasteiger partial charge in [-0.05, 0) is 41.5 Å². The number of carbonyl (C=O) groups is 1. The van der Waals surface area contributed by atoms with Crippen molar-refractivity contribution in [1.82, 2.24) is 0 Å². The summed E-state index contributed by atoms with van der Waals surface area (Å²) in [5.74, 6) is -0.434. The zero-order valence-corrected chi connectivity index (χ0v) is 13.1. The highest BCUT2D eigenvalue weighted by Crippen LogP contribution is 2.23. The van der Waals surface area contributed by atoms with Crippen molar-refractivity contribution in [2.45, 2.75) is 6.61 Å². The first-order valence-corrected chi connectivity index (χ1v) is 7.22. The van der Waals surface area contributed by atoms with E-state index in [1.807, 2.05) is 0 Å². The van der Waals surface area contributed by atoms with E-state index in [1.54, 1.807) is 48.5 Å². The largest absolute Gasteiger partial charge is 0.458 e. The predicted molar refractivity (Wildman–Crippen MR) is 86.7 cm³/mol. The third-order valence-corrected chi connectivity index (χ3v) is 3.64. The average Bonchev–Trinajstić information content (AvgIpc) is 2.48. The van der Waals surface area contributed by atoms with Gasteiger partial charge in [-0.15, -0.1) is 0 Å². The molecule has 0 aliphatic rings. The first-order chi connectivity index (χ1) is 10.0. The second kappa shape index (κ2) is 7.51. The fourth-order valence-electron chi connectivity index (χ4n) is 1.56. The fourth-order valence-corrected chi connectivity index (χ4v) is 2.00. The summed E-state index contributed by atoms with van der Waals surface area (Å²) in [7, 11) is 0. The van der Waals surface area contributed by atoms with Crippen molar-refractivity contribution in [3.05, 3.63) is 74.7 Å². The van der Waals surface area contributed by atoms with E-state index in [4.69, 9.17) is 39.5 Å². The maximum absolute atomic E-state index is 11.6. The lowest BCUT2D eigenvalue weighted by Crippen LogP contribution is -2.00. The van der Waals surface area contributed by atoms with Gasteiger partial charge in [-0.25, -0.2) is 4.79 Å². The Bertz CT molecular complexity index is 664. The number of esters is 1. The summed E-state index contributed by atoms with van der Waals surface area (Å²) in [6.07, 6.45) is 2.96. The molecule has 0 aliphatic heterocycles. The highest BCUT2D eigenvalue weighted by atomic mass is 35.5. The van der Waals surface area contributed by atoms with Gasteiger partial charge in [0.1, 0.15) is 6.61 Å². The van der Waals surface area contributed by atoms with Crippen LogP contribution in [0.15, 0.2) is 48.5 Å². The minimum atomic E-state index is -0.434. The minimum Gasteiger partial charge on any atom is -0.458 e. The van der Waals surface area contributed by atoms with E-state index in [-0.39, 0.29) is 6.61 Å². The van der Waals surface area contributed by atoms with E-state index in [9.17, 15) is 4.79 Å². The Balaban J connectivity index is 1.90. The van der Waals surface area contributed by atoms with Crippen LogP contribution in [0.4, 0.5) is 0 Å². The lowest BCUT2D eigenvalue weighted by atomic mass is 10.2. The van der Waals surface area contributed by atoms with Crippen molar-refractivity contribution in [3.8, 4) is 0 Å². The second-order valence-electron chi connectivity index (χ2n) is 4.24. The smallest absolute Gasteiger partial charge is 0.331 e. The quantitative estimate of drug-likeness (QED) is 0.549. The molecule has 2 aromatic carbocycles. The van der Waals surface area contributed by atoms with Crippen molar-refractivity contribution in [2.24, 2.45) is 0 Å². The van der Waals surface area contributed by atoms with Gasteiger partial charge in [0.2, 0.25) is 0 Å².